The van der Waals surface area contributed by atoms with E-state index >= 15 is 0 Å². The molecule has 0 aliphatic carbocycles. The minimum atomic E-state index is 0.613. The van der Waals surface area contributed by atoms with Gasteiger partial charge in [-0.1, -0.05) is 13.8 Å². The molecule has 3 N–H and O–H groups in total. The summed E-state index contributed by atoms with van der Waals surface area (Å²) in [4.78, 5) is 4.94. The number of hydrogen-bond acceptors (Lipinski definition) is 4. The first-order chi connectivity index (χ1) is 8.13. The quantitative estimate of drug-likeness (QED) is 0.620. The second-order valence-corrected chi connectivity index (χ2v) is 5.59. The van der Waals surface area contributed by atoms with Crippen molar-refractivity contribution >= 4 is 0 Å². The lowest BCUT2D eigenvalue weighted by Gasteiger charge is -2.32. The van der Waals surface area contributed by atoms with Crippen LogP contribution < -0.4 is 11.1 Å². The first-order valence-electron chi connectivity index (χ1n) is 6.95. The molecule has 1 aliphatic rings. The van der Waals surface area contributed by atoms with E-state index in [1.54, 1.807) is 0 Å². The molecule has 4 heteroatoms. The van der Waals surface area contributed by atoms with Crippen LogP contribution in [0.25, 0.3) is 0 Å². The summed E-state index contributed by atoms with van der Waals surface area (Å²) in [6, 6.07) is 0. The minimum absolute atomic E-state index is 0.613. The van der Waals surface area contributed by atoms with Crippen LogP contribution in [0, 0.1) is 11.8 Å². The molecule has 1 fully saturated rings. The number of piperazine rings is 1. The Balaban J connectivity index is 2.03. The maximum Gasteiger partial charge on any atom is 0.0110 e. The Bertz CT molecular complexity index is 188. The van der Waals surface area contributed by atoms with E-state index in [2.05, 4.69) is 36.0 Å². The van der Waals surface area contributed by atoms with E-state index in [4.69, 9.17) is 5.73 Å². The number of nitrogens with zero attached hydrogens (tertiary/aromatic N) is 2. The first kappa shape index (κ1) is 14.9. The molecule has 0 saturated carbocycles. The van der Waals surface area contributed by atoms with Crippen molar-refractivity contribution in [3.05, 3.63) is 0 Å². The van der Waals surface area contributed by atoms with Gasteiger partial charge in [0.05, 0.1) is 0 Å². The summed E-state index contributed by atoms with van der Waals surface area (Å²) in [5, 5.41) is 3.54. The van der Waals surface area contributed by atoms with Crippen molar-refractivity contribution < 1.29 is 0 Å². The molecular weight excluding hydrogens is 212 g/mol. The van der Waals surface area contributed by atoms with Gasteiger partial charge in [0.15, 0.2) is 0 Å². The van der Waals surface area contributed by atoms with Crippen LogP contribution in [-0.2, 0) is 0 Å². The lowest BCUT2D eigenvalue weighted by atomic mass is 9.96. The monoisotopic (exact) mass is 242 g/mol. The number of likely N-dealkylation sites (N-methyl/N-ethyl adjacent to an activating group) is 1. The zero-order valence-corrected chi connectivity index (χ0v) is 11.8. The molecule has 0 amide bonds. The molecule has 4 nitrogen and oxygen atoms in total. The molecule has 1 heterocycles. The Morgan fingerprint density at radius 3 is 2.35 bits per heavy atom. The highest BCUT2D eigenvalue weighted by atomic mass is 15.2. The van der Waals surface area contributed by atoms with Gasteiger partial charge in [0.25, 0.3) is 0 Å². The Hall–Kier alpha value is -0.160. The van der Waals surface area contributed by atoms with Crippen LogP contribution in [0.3, 0.4) is 0 Å². The number of nitrogens with two attached hydrogens (primary N) is 1. The lowest BCUT2D eigenvalue weighted by Crippen LogP contribution is -2.47. The Morgan fingerprint density at radius 2 is 1.82 bits per heavy atom. The molecule has 17 heavy (non-hydrogen) atoms. The average Bonchev–Trinajstić information content (AvgIpc) is 2.31. The standard InChI is InChI=1S/C13H30N4/c1-12(2)13(10-14)11-15-4-5-17-8-6-16(3)7-9-17/h12-13,15H,4-11,14H2,1-3H3. The molecule has 0 aromatic carbocycles. The van der Waals surface area contributed by atoms with Crippen LogP contribution in [0.1, 0.15) is 13.8 Å². The largest absolute Gasteiger partial charge is 0.330 e. The van der Waals surface area contributed by atoms with Crippen LogP contribution >= 0.6 is 0 Å². The predicted octanol–water partition coefficient (Wildman–Crippen LogP) is 0.0543. The van der Waals surface area contributed by atoms with E-state index < -0.39 is 0 Å². The average molecular weight is 242 g/mol. The van der Waals surface area contributed by atoms with E-state index in [1.807, 2.05) is 0 Å². The van der Waals surface area contributed by atoms with Gasteiger partial charge in [-0.05, 0) is 32.0 Å². The fraction of sp³-hybridized carbons (Fsp3) is 1.00. The van der Waals surface area contributed by atoms with Gasteiger partial charge in [-0.3, -0.25) is 4.90 Å². The molecule has 1 saturated heterocycles. The van der Waals surface area contributed by atoms with E-state index in [1.165, 1.54) is 32.7 Å². The molecule has 1 unspecified atom stereocenters. The third-order valence-corrected chi connectivity index (χ3v) is 3.85. The predicted molar refractivity (Wildman–Crippen MR) is 74.2 cm³/mol. The van der Waals surface area contributed by atoms with Gasteiger partial charge in [0, 0.05) is 39.3 Å². The van der Waals surface area contributed by atoms with Crippen molar-refractivity contribution in [3.8, 4) is 0 Å². The van der Waals surface area contributed by atoms with Gasteiger partial charge < -0.3 is 16.0 Å². The smallest absolute Gasteiger partial charge is 0.0110 e. The summed E-state index contributed by atoms with van der Waals surface area (Å²) < 4.78 is 0. The molecule has 1 atom stereocenters. The molecule has 0 aromatic rings. The first-order valence-corrected chi connectivity index (χ1v) is 6.95. The van der Waals surface area contributed by atoms with Crippen molar-refractivity contribution in [2.45, 2.75) is 13.8 Å². The van der Waals surface area contributed by atoms with E-state index in [-0.39, 0.29) is 0 Å². The third kappa shape index (κ3) is 5.82. The maximum absolute atomic E-state index is 5.76. The van der Waals surface area contributed by atoms with Crippen molar-refractivity contribution in [1.29, 1.82) is 0 Å². The molecule has 0 radical (unpaired) electrons. The van der Waals surface area contributed by atoms with E-state index in [0.717, 1.165) is 19.6 Å². The van der Waals surface area contributed by atoms with Crippen molar-refractivity contribution in [1.82, 2.24) is 15.1 Å². The molecule has 1 aliphatic heterocycles. The fourth-order valence-electron chi connectivity index (χ4n) is 2.19. The zero-order valence-electron chi connectivity index (χ0n) is 11.8. The normalized spacial score (nSPS) is 21.0. The summed E-state index contributed by atoms with van der Waals surface area (Å²) in [7, 11) is 2.20. The Kier molecular flexibility index (Phi) is 7.04. The highest BCUT2D eigenvalue weighted by Gasteiger charge is 2.14. The van der Waals surface area contributed by atoms with E-state index in [0.29, 0.717) is 11.8 Å². The summed E-state index contributed by atoms with van der Waals surface area (Å²) in [5.41, 5.74) is 5.76. The van der Waals surface area contributed by atoms with Gasteiger partial charge in [0.1, 0.15) is 0 Å². The maximum atomic E-state index is 5.76. The lowest BCUT2D eigenvalue weighted by molar-refractivity contribution is 0.154. The molecule has 0 spiro atoms. The number of nitrogens with one attached hydrogen (secondary N) is 1. The minimum Gasteiger partial charge on any atom is -0.330 e. The van der Waals surface area contributed by atoms with Crippen LogP contribution in [-0.4, -0.2) is 69.2 Å². The number of hydrogen-bond donors (Lipinski definition) is 2. The molecule has 0 aromatic heterocycles. The van der Waals surface area contributed by atoms with Crippen molar-refractivity contribution in [2.24, 2.45) is 17.6 Å². The SMILES string of the molecule is CC(C)C(CN)CNCCN1CCN(C)CC1. The summed E-state index contributed by atoms with van der Waals surface area (Å²) in [6.45, 7) is 13.4. The molecular formula is C13H30N4. The van der Waals surface area contributed by atoms with Crippen LogP contribution in [0.5, 0.6) is 0 Å². The second-order valence-electron chi connectivity index (χ2n) is 5.59. The highest BCUT2D eigenvalue weighted by Crippen LogP contribution is 2.07. The van der Waals surface area contributed by atoms with Crippen LogP contribution in [0.4, 0.5) is 0 Å². The molecule has 102 valence electrons. The molecule has 1 rings (SSSR count). The van der Waals surface area contributed by atoms with Gasteiger partial charge in [-0.25, -0.2) is 0 Å². The Morgan fingerprint density at radius 1 is 1.18 bits per heavy atom. The van der Waals surface area contributed by atoms with Crippen LogP contribution in [0.2, 0.25) is 0 Å². The second kappa shape index (κ2) is 8.03. The highest BCUT2D eigenvalue weighted by molar-refractivity contribution is 4.71. The van der Waals surface area contributed by atoms with Gasteiger partial charge >= 0.3 is 0 Å². The summed E-state index contributed by atoms with van der Waals surface area (Å²) >= 11 is 0. The molecule has 0 bridgehead atoms. The van der Waals surface area contributed by atoms with Crippen LogP contribution in [0.15, 0.2) is 0 Å². The topological polar surface area (TPSA) is 44.5 Å². The summed E-state index contributed by atoms with van der Waals surface area (Å²) in [5.74, 6) is 1.29. The van der Waals surface area contributed by atoms with Crippen molar-refractivity contribution in [3.63, 3.8) is 0 Å². The fourth-order valence-corrected chi connectivity index (χ4v) is 2.19. The van der Waals surface area contributed by atoms with Gasteiger partial charge in [-0.15, -0.1) is 0 Å². The zero-order chi connectivity index (χ0) is 12.7. The Labute approximate surface area is 107 Å². The summed E-state index contributed by atoms with van der Waals surface area (Å²) in [6.07, 6.45) is 0. The number of rotatable bonds is 7. The van der Waals surface area contributed by atoms with E-state index in [9.17, 15) is 0 Å². The van der Waals surface area contributed by atoms with Gasteiger partial charge in [0.2, 0.25) is 0 Å². The van der Waals surface area contributed by atoms with Gasteiger partial charge in [-0.2, -0.15) is 0 Å². The third-order valence-electron chi connectivity index (χ3n) is 3.85. The van der Waals surface area contributed by atoms with Crippen molar-refractivity contribution in [2.75, 3.05) is 59.4 Å².